The molecule has 0 saturated carbocycles. The van der Waals surface area contributed by atoms with Crippen molar-refractivity contribution < 1.29 is 4.79 Å². The normalized spacial score (nSPS) is 11.9. The summed E-state index contributed by atoms with van der Waals surface area (Å²) in [4.78, 5) is 18.9. The predicted octanol–water partition coefficient (Wildman–Crippen LogP) is 2.31. The highest BCUT2D eigenvalue weighted by Gasteiger charge is 2.14. The number of aromatic amines is 1. The fourth-order valence-electron chi connectivity index (χ4n) is 2.68. The monoisotopic (exact) mass is 334 g/mol. The summed E-state index contributed by atoms with van der Waals surface area (Å²) in [5.41, 5.74) is 10.3. The second-order valence-corrected chi connectivity index (χ2v) is 5.99. The molecule has 1 heterocycles. The number of hydrogen-bond acceptors (Lipinski definition) is 3. The minimum atomic E-state index is -0.569. The second-order valence-electron chi connectivity index (χ2n) is 5.99. The molecule has 1 unspecified atom stereocenters. The molecule has 5 heteroatoms. The van der Waals surface area contributed by atoms with Crippen molar-refractivity contribution in [3.8, 4) is 11.1 Å². The number of amides is 1. The highest BCUT2D eigenvalue weighted by molar-refractivity contribution is 5.81. The van der Waals surface area contributed by atoms with Gasteiger partial charge in [0.2, 0.25) is 5.91 Å². The van der Waals surface area contributed by atoms with Gasteiger partial charge < -0.3 is 16.0 Å². The van der Waals surface area contributed by atoms with Crippen molar-refractivity contribution in [2.24, 2.45) is 5.73 Å². The third-order valence-electron chi connectivity index (χ3n) is 4.11. The van der Waals surface area contributed by atoms with Gasteiger partial charge in [-0.1, -0.05) is 54.6 Å². The Kier molecular flexibility index (Phi) is 5.59. The summed E-state index contributed by atoms with van der Waals surface area (Å²) in [5, 5.41) is 2.89. The molecule has 5 nitrogen and oxygen atoms in total. The third kappa shape index (κ3) is 4.78. The van der Waals surface area contributed by atoms with E-state index in [4.69, 9.17) is 5.73 Å². The van der Waals surface area contributed by atoms with Crippen LogP contribution in [0.25, 0.3) is 11.1 Å². The van der Waals surface area contributed by atoms with E-state index in [-0.39, 0.29) is 5.91 Å². The van der Waals surface area contributed by atoms with Crippen molar-refractivity contribution in [1.82, 2.24) is 15.3 Å². The largest absolute Gasteiger partial charge is 0.354 e. The van der Waals surface area contributed by atoms with Gasteiger partial charge >= 0.3 is 0 Å². The molecule has 0 bridgehead atoms. The molecular weight excluding hydrogens is 312 g/mol. The van der Waals surface area contributed by atoms with E-state index < -0.39 is 6.04 Å². The summed E-state index contributed by atoms with van der Waals surface area (Å²) in [6.07, 6.45) is 4.50. The molecule has 0 aliphatic carbocycles. The van der Waals surface area contributed by atoms with Crippen LogP contribution in [0, 0.1) is 0 Å². The van der Waals surface area contributed by atoms with Gasteiger partial charge in [-0.05, 0) is 23.1 Å². The Morgan fingerprint density at radius 1 is 1.08 bits per heavy atom. The minimum Gasteiger partial charge on any atom is -0.354 e. The standard InChI is InChI=1S/C20H22N4O/c21-19(12-18-13-22-14-24-18)20(25)23-11-10-15-6-8-17(9-7-15)16-4-2-1-3-5-16/h1-9,13-14,19H,10-12,21H2,(H,22,24)(H,23,25). The summed E-state index contributed by atoms with van der Waals surface area (Å²) in [7, 11) is 0. The summed E-state index contributed by atoms with van der Waals surface area (Å²) >= 11 is 0. The molecule has 4 N–H and O–H groups in total. The van der Waals surface area contributed by atoms with Gasteiger partial charge in [-0.15, -0.1) is 0 Å². The zero-order valence-corrected chi connectivity index (χ0v) is 14.0. The van der Waals surface area contributed by atoms with Gasteiger partial charge in [-0.2, -0.15) is 0 Å². The van der Waals surface area contributed by atoms with Crippen LogP contribution < -0.4 is 11.1 Å². The smallest absolute Gasteiger partial charge is 0.237 e. The number of nitrogens with two attached hydrogens (primary N) is 1. The van der Waals surface area contributed by atoms with E-state index in [0.29, 0.717) is 13.0 Å². The van der Waals surface area contributed by atoms with E-state index in [1.807, 2.05) is 18.2 Å². The van der Waals surface area contributed by atoms with Gasteiger partial charge in [-0.3, -0.25) is 4.79 Å². The van der Waals surface area contributed by atoms with Gasteiger partial charge in [0.05, 0.1) is 12.4 Å². The van der Waals surface area contributed by atoms with Crippen LogP contribution in [-0.4, -0.2) is 28.5 Å². The molecule has 0 spiro atoms. The number of carbonyl (C=O) groups is 1. The maximum atomic E-state index is 12.0. The van der Waals surface area contributed by atoms with Crippen LogP contribution in [0.15, 0.2) is 67.1 Å². The molecule has 2 aromatic carbocycles. The molecule has 1 amide bonds. The summed E-state index contributed by atoms with van der Waals surface area (Å²) < 4.78 is 0. The van der Waals surface area contributed by atoms with E-state index in [1.54, 1.807) is 12.5 Å². The lowest BCUT2D eigenvalue weighted by atomic mass is 10.0. The molecular formula is C20H22N4O. The van der Waals surface area contributed by atoms with Crippen LogP contribution in [-0.2, 0) is 17.6 Å². The van der Waals surface area contributed by atoms with E-state index in [0.717, 1.165) is 12.1 Å². The Morgan fingerprint density at radius 2 is 1.80 bits per heavy atom. The first-order chi connectivity index (χ1) is 12.2. The molecule has 1 atom stereocenters. The van der Waals surface area contributed by atoms with Crippen molar-refractivity contribution in [2.45, 2.75) is 18.9 Å². The predicted molar refractivity (Wildman–Crippen MR) is 98.9 cm³/mol. The van der Waals surface area contributed by atoms with Crippen LogP contribution in [0.1, 0.15) is 11.3 Å². The number of nitrogens with zero attached hydrogens (tertiary/aromatic N) is 1. The first-order valence-electron chi connectivity index (χ1n) is 8.37. The Morgan fingerprint density at radius 3 is 2.48 bits per heavy atom. The molecule has 1 aromatic heterocycles. The SMILES string of the molecule is NC(Cc1cnc[nH]1)C(=O)NCCc1ccc(-c2ccccc2)cc1. The van der Waals surface area contributed by atoms with Crippen molar-refractivity contribution >= 4 is 5.91 Å². The fraction of sp³-hybridized carbons (Fsp3) is 0.200. The van der Waals surface area contributed by atoms with Gasteiger partial charge in [-0.25, -0.2) is 4.98 Å². The van der Waals surface area contributed by atoms with E-state index in [1.165, 1.54) is 16.7 Å². The van der Waals surface area contributed by atoms with Crippen LogP contribution in [0.3, 0.4) is 0 Å². The summed E-state index contributed by atoms with van der Waals surface area (Å²) in [6, 6.07) is 18.1. The van der Waals surface area contributed by atoms with E-state index in [9.17, 15) is 4.79 Å². The van der Waals surface area contributed by atoms with E-state index in [2.05, 4.69) is 51.7 Å². The van der Waals surface area contributed by atoms with Crippen molar-refractivity contribution in [3.05, 3.63) is 78.4 Å². The Balaban J connectivity index is 1.46. The van der Waals surface area contributed by atoms with Crippen molar-refractivity contribution in [1.29, 1.82) is 0 Å². The number of hydrogen-bond donors (Lipinski definition) is 3. The van der Waals surface area contributed by atoms with Gasteiger partial charge in [0.25, 0.3) is 0 Å². The van der Waals surface area contributed by atoms with Crippen LogP contribution in [0.5, 0.6) is 0 Å². The number of H-pyrrole nitrogens is 1. The first kappa shape index (κ1) is 16.9. The Labute approximate surface area is 147 Å². The number of imidazole rings is 1. The van der Waals surface area contributed by atoms with Crippen LogP contribution in [0.4, 0.5) is 0 Å². The Bertz CT molecular complexity index is 782. The number of rotatable bonds is 7. The highest BCUT2D eigenvalue weighted by atomic mass is 16.2. The zero-order valence-electron chi connectivity index (χ0n) is 14.0. The molecule has 3 rings (SSSR count). The third-order valence-corrected chi connectivity index (χ3v) is 4.11. The van der Waals surface area contributed by atoms with Crippen LogP contribution in [0.2, 0.25) is 0 Å². The van der Waals surface area contributed by atoms with Crippen LogP contribution >= 0.6 is 0 Å². The number of carbonyl (C=O) groups excluding carboxylic acids is 1. The van der Waals surface area contributed by atoms with E-state index >= 15 is 0 Å². The quantitative estimate of drug-likeness (QED) is 0.620. The summed E-state index contributed by atoms with van der Waals surface area (Å²) in [5.74, 6) is -0.143. The maximum absolute atomic E-state index is 12.0. The Hall–Kier alpha value is -2.92. The van der Waals surface area contributed by atoms with Crippen molar-refractivity contribution in [2.75, 3.05) is 6.54 Å². The topological polar surface area (TPSA) is 83.8 Å². The lowest BCUT2D eigenvalue weighted by Crippen LogP contribution is -2.42. The average molecular weight is 334 g/mol. The minimum absolute atomic E-state index is 0.143. The average Bonchev–Trinajstić information content (AvgIpc) is 3.16. The molecule has 0 saturated heterocycles. The molecule has 0 aliphatic rings. The number of aromatic nitrogens is 2. The molecule has 128 valence electrons. The first-order valence-corrected chi connectivity index (χ1v) is 8.37. The van der Waals surface area contributed by atoms with Gasteiger partial charge in [0.15, 0.2) is 0 Å². The van der Waals surface area contributed by atoms with Crippen molar-refractivity contribution in [3.63, 3.8) is 0 Å². The lowest BCUT2D eigenvalue weighted by molar-refractivity contribution is -0.122. The van der Waals surface area contributed by atoms with Gasteiger partial charge in [0, 0.05) is 24.9 Å². The zero-order chi connectivity index (χ0) is 17.5. The molecule has 25 heavy (non-hydrogen) atoms. The molecule has 0 radical (unpaired) electrons. The summed E-state index contributed by atoms with van der Waals surface area (Å²) in [6.45, 7) is 0.570. The fourth-order valence-corrected chi connectivity index (χ4v) is 2.68. The number of nitrogens with one attached hydrogen (secondary N) is 2. The molecule has 0 aliphatic heterocycles. The second kappa shape index (κ2) is 8.26. The molecule has 0 fully saturated rings. The lowest BCUT2D eigenvalue weighted by Gasteiger charge is -2.11. The van der Waals surface area contributed by atoms with Gasteiger partial charge in [0.1, 0.15) is 0 Å². The highest BCUT2D eigenvalue weighted by Crippen LogP contribution is 2.19. The maximum Gasteiger partial charge on any atom is 0.237 e. The number of benzene rings is 2. The molecule has 3 aromatic rings.